The predicted octanol–water partition coefficient (Wildman–Crippen LogP) is 1.04. The molecule has 3 nitrogen and oxygen atoms in total. The van der Waals surface area contributed by atoms with Crippen LogP contribution < -0.4 is 0 Å². The Kier molecular flexibility index (Phi) is 2.08. The molecule has 1 aliphatic heterocycles. The topological polar surface area (TPSA) is 43.4 Å². The first-order valence-electron chi connectivity index (χ1n) is 3.52. The first-order chi connectivity index (χ1) is 5.15. The van der Waals surface area contributed by atoms with Crippen molar-refractivity contribution < 1.29 is 14.3 Å². The molecule has 0 aliphatic carbocycles. The summed E-state index contributed by atoms with van der Waals surface area (Å²) in [5.41, 5.74) is 0.904. The Morgan fingerprint density at radius 3 is 2.64 bits per heavy atom. The highest BCUT2D eigenvalue weighted by atomic mass is 16.6. The quantitative estimate of drug-likeness (QED) is 0.322. The molecule has 0 radical (unpaired) electrons. The number of carbonyl (C=O) groups is 2. The lowest BCUT2D eigenvalue weighted by atomic mass is 9.99. The van der Waals surface area contributed by atoms with Crippen LogP contribution in [0.15, 0.2) is 11.6 Å². The lowest BCUT2D eigenvalue weighted by Gasteiger charge is -2.01. The van der Waals surface area contributed by atoms with E-state index in [4.69, 9.17) is 0 Å². The maximum absolute atomic E-state index is 10.9. The van der Waals surface area contributed by atoms with E-state index in [1.165, 1.54) is 0 Å². The van der Waals surface area contributed by atoms with Crippen molar-refractivity contribution in [2.75, 3.05) is 0 Å². The number of hydrogen-bond acceptors (Lipinski definition) is 3. The Morgan fingerprint density at radius 2 is 2.27 bits per heavy atom. The molecule has 3 heteroatoms. The molecule has 0 amide bonds. The second kappa shape index (κ2) is 2.86. The van der Waals surface area contributed by atoms with E-state index in [9.17, 15) is 9.59 Å². The van der Waals surface area contributed by atoms with Crippen LogP contribution in [0.5, 0.6) is 0 Å². The second-order valence-electron chi connectivity index (χ2n) is 2.58. The molecule has 1 aliphatic rings. The van der Waals surface area contributed by atoms with Crippen molar-refractivity contribution in [1.82, 2.24) is 0 Å². The zero-order chi connectivity index (χ0) is 8.43. The number of carbonyl (C=O) groups excluding carboxylic acids is 2. The third kappa shape index (κ3) is 1.48. The fourth-order valence-corrected chi connectivity index (χ4v) is 1.02. The van der Waals surface area contributed by atoms with E-state index in [0.717, 1.165) is 5.57 Å². The molecular weight excluding hydrogens is 144 g/mol. The van der Waals surface area contributed by atoms with Gasteiger partial charge in [0.15, 0.2) is 0 Å². The molecule has 0 aromatic rings. The average Bonchev–Trinajstić information content (AvgIpc) is 2.28. The van der Waals surface area contributed by atoms with Crippen molar-refractivity contribution in [3.63, 3.8) is 0 Å². The van der Waals surface area contributed by atoms with Gasteiger partial charge in [-0.3, -0.25) is 9.59 Å². The van der Waals surface area contributed by atoms with Gasteiger partial charge in [0.05, 0.1) is 12.3 Å². The van der Waals surface area contributed by atoms with Crippen LogP contribution in [0.1, 0.15) is 20.3 Å². The van der Waals surface area contributed by atoms with Crippen molar-refractivity contribution >= 4 is 11.9 Å². The number of allylic oxidation sites excluding steroid dienone is 1. The summed E-state index contributed by atoms with van der Waals surface area (Å²) in [6, 6.07) is 0. The fourth-order valence-electron chi connectivity index (χ4n) is 1.02. The molecule has 1 atom stereocenters. The Hall–Kier alpha value is -1.12. The fraction of sp³-hybridized carbons (Fsp3) is 0.500. The minimum atomic E-state index is -0.416. The molecule has 1 unspecified atom stereocenters. The van der Waals surface area contributed by atoms with Gasteiger partial charge < -0.3 is 4.74 Å². The smallest absolute Gasteiger partial charge is 0.321 e. The van der Waals surface area contributed by atoms with Crippen LogP contribution in [0.4, 0.5) is 0 Å². The number of esters is 2. The molecule has 0 N–H and O–H groups in total. The second-order valence-corrected chi connectivity index (χ2v) is 2.58. The largest absolute Gasteiger partial charge is 0.393 e. The highest BCUT2D eigenvalue weighted by Gasteiger charge is 2.33. The lowest BCUT2D eigenvalue weighted by molar-refractivity contribution is -0.152. The molecule has 1 heterocycles. The maximum Gasteiger partial charge on any atom is 0.321 e. The van der Waals surface area contributed by atoms with Crippen molar-refractivity contribution in [2.24, 2.45) is 5.92 Å². The average molecular weight is 154 g/mol. The first kappa shape index (κ1) is 7.98. The lowest BCUT2D eigenvalue weighted by Crippen LogP contribution is -2.08. The minimum absolute atomic E-state index is 0.203. The van der Waals surface area contributed by atoms with Gasteiger partial charge in [-0.25, -0.2) is 0 Å². The Balaban J connectivity index is 2.75. The Bertz CT molecular complexity index is 227. The number of ether oxygens (including phenoxy) is 1. The van der Waals surface area contributed by atoms with E-state index in [2.05, 4.69) is 4.74 Å². The summed E-state index contributed by atoms with van der Waals surface area (Å²) in [5.74, 6) is -1.15. The highest BCUT2D eigenvalue weighted by Crippen LogP contribution is 2.22. The summed E-state index contributed by atoms with van der Waals surface area (Å²) in [6.45, 7) is 3.66. The van der Waals surface area contributed by atoms with Gasteiger partial charge >= 0.3 is 11.9 Å². The molecule has 0 spiro atoms. The molecular formula is C8H10O3. The van der Waals surface area contributed by atoms with Crippen LogP contribution in [-0.4, -0.2) is 11.9 Å². The van der Waals surface area contributed by atoms with Crippen molar-refractivity contribution in [2.45, 2.75) is 20.3 Å². The van der Waals surface area contributed by atoms with E-state index in [1.807, 2.05) is 19.9 Å². The van der Waals surface area contributed by atoms with Crippen LogP contribution in [0.25, 0.3) is 0 Å². The van der Waals surface area contributed by atoms with Crippen LogP contribution in [0, 0.1) is 5.92 Å². The normalized spacial score (nSPS) is 25.6. The SMILES string of the molecule is C/C=C(\C)C1CC(=O)OC1=O. The van der Waals surface area contributed by atoms with Gasteiger partial charge in [0.1, 0.15) is 0 Å². The van der Waals surface area contributed by atoms with E-state index in [0.29, 0.717) is 0 Å². The Labute approximate surface area is 65.0 Å². The summed E-state index contributed by atoms with van der Waals surface area (Å²) >= 11 is 0. The molecule has 1 fully saturated rings. The third-order valence-corrected chi connectivity index (χ3v) is 1.87. The maximum atomic E-state index is 10.9. The summed E-state index contributed by atoms with van der Waals surface area (Å²) in [6.07, 6.45) is 2.03. The van der Waals surface area contributed by atoms with E-state index in [1.54, 1.807) is 0 Å². The van der Waals surface area contributed by atoms with E-state index >= 15 is 0 Å². The van der Waals surface area contributed by atoms with Crippen molar-refractivity contribution in [3.05, 3.63) is 11.6 Å². The third-order valence-electron chi connectivity index (χ3n) is 1.87. The van der Waals surface area contributed by atoms with Crippen LogP contribution in [-0.2, 0) is 14.3 Å². The summed E-state index contributed by atoms with van der Waals surface area (Å²) in [4.78, 5) is 21.5. The first-order valence-corrected chi connectivity index (χ1v) is 3.52. The van der Waals surface area contributed by atoms with Gasteiger partial charge in [0.25, 0.3) is 0 Å². The number of hydrogen-bond donors (Lipinski definition) is 0. The summed E-state index contributed by atoms with van der Waals surface area (Å²) < 4.78 is 4.38. The van der Waals surface area contributed by atoms with Gasteiger partial charge in [-0.05, 0) is 13.8 Å². The van der Waals surface area contributed by atoms with Crippen LogP contribution >= 0.6 is 0 Å². The standard InChI is InChI=1S/C8H10O3/c1-3-5(2)6-4-7(9)11-8(6)10/h3,6H,4H2,1-2H3/b5-3+. The summed E-state index contributed by atoms with van der Waals surface area (Å²) in [7, 11) is 0. The number of rotatable bonds is 1. The van der Waals surface area contributed by atoms with E-state index < -0.39 is 11.9 Å². The minimum Gasteiger partial charge on any atom is -0.393 e. The van der Waals surface area contributed by atoms with Gasteiger partial charge in [0.2, 0.25) is 0 Å². The molecule has 1 rings (SSSR count). The van der Waals surface area contributed by atoms with Gasteiger partial charge in [-0.2, -0.15) is 0 Å². The van der Waals surface area contributed by atoms with Gasteiger partial charge in [-0.15, -0.1) is 0 Å². The number of cyclic esters (lactones) is 2. The van der Waals surface area contributed by atoms with E-state index in [-0.39, 0.29) is 12.3 Å². The Morgan fingerprint density at radius 1 is 1.64 bits per heavy atom. The molecule has 60 valence electrons. The predicted molar refractivity (Wildman–Crippen MR) is 38.6 cm³/mol. The zero-order valence-corrected chi connectivity index (χ0v) is 6.59. The molecule has 0 saturated carbocycles. The molecule has 0 bridgehead atoms. The summed E-state index contributed by atoms with van der Waals surface area (Å²) in [5, 5.41) is 0. The van der Waals surface area contributed by atoms with Crippen molar-refractivity contribution in [1.29, 1.82) is 0 Å². The van der Waals surface area contributed by atoms with Gasteiger partial charge in [-0.1, -0.05) is 11.6 Å². The molecule has 0 aromatic heterocycles. The van der Waals surface area contributed by atoms with Gasteiger partial charge in [0, 0.05) is 0 Å². The monoisotopic (exact) mass is 154 g/mol. The zero-order valence-electron chi connectivity index (χ0n) is 6.59. The highest BCUT2D eigenvalue weighted by molar-refractivity contribution is 5.96. The van der Waals surface area contributed by atoms with Crippen LogP contribution in [0.3, 0.4) is 0 Å². The van der Waals surface area contributed by atoms with Crippen molar-refractivity contribution in [3.8, 4) is 0 Å². The molecule has 11 heavy (non-hydrogen) atoms. The van der Waals surface area contributed by atoms with Crippen LogP contribution in [0.2, 0.25) is 0 Å². The molecule has 1 saturated heterocycles. The molecule has 0 aromatic carbocycles.